The maximum absolute atomic E-state index is 9.40. The van der Waals surface area contributed by atoms with Crippen molar-refractivity contribution >= 4 is 5.65 Å². The molecule has 0 bridgehead atoms. The van der Waals surface area contributed by atoms with Crippen LogP contribution >= 0.6 is 0 Å². The van der Waals surface area contributed by atoms with Gasteiger partial charge >= 0.3 is 0 Å². The molecule has 0 unspecified atom stereocenters. The fraction of sp³-hybridized carbons (Fsp3) is 0.0556. The second kappa shape index (κ2) is 5.11. The van der Waals surface area contributed by atoms with Gasteiger partial charge in [-0.25, -0.2) is 9.50 Å². The first-order chi connectivity index (χ1) is 11.3. The van der Waals surface area contributed by atoms with E-state index >= 15 is 0 Å². The first-order valence-corrected chi connectivity index (χ1v) is 7.17. The molecule has 3 aromatic heterocycles. The molecule has 0 atom stereocenters. The number of benzene rings is 1. The first kappa shape index (κ1) is 13.3. The van der Waals surface area contributed by atoms with E-state index in [1.807, 2.05) is 43.3 Å². The Morgan fingerprint density at radius 2 is 1.96 bits per heavy atom. The van der Waals surface area contributed by atoms with E-state index in [4.69, 9.17) is 4.42 Å². The van der Waals surface area contributed by atoms with E-state index < -0.39 is 0 Å². The lowest BCUT2D eigenvalue weighted by Gasteiger charge is -2.04. The zero-order valence-electron chi connectivity index (χ0n) is 12.4. The van der Waals surface area contributed by atoms with Crippen molar-refractivity contribution in [2.75, 3.05) is 0 Å². The highest BCUT2D eigenvalue weighted by Gasteiger charge is 2.19. The molecule has 0 fully saturated rings. The normalized spacial score (nSPS) is 10.8. The highest BCUT2D eigenvalue weighted by molar-refractivity contribution is 5.81. The molecule has 0 saturated carbocycles. The number of hydrogen-bond donors (Lipinski definition) is 0. The third-order valence-corrected chi connectivity index (χ3v) is 3.76. The summed E-state index contributed by atoms with van der Waals surface area (Å²) >= 11 is 0. The largest absolute Gasteiger partial charge is 0.463 e. The van der Waals surface area contributed by atoms with E-state index in [9.17, 15) is 5.26 Å². The molecule has 0 spiro atoms. The van der Waals surface area contributed by atoms with Gasteiger partial charge in [-0.05, 0) is 24.6 Å². The average Bonchev–Trinajstić information content (AvgIpc) is 3.21. The van der Waals surface area contributed by atoms with Crippen molar-refractivity contribution in [2.45, 2.75) is 6.92 Å². The molecule has 0 radical (unpaired) electrons. The zero-order valence-corrected chi connectivity index (χ0v) is 12.4. The van der Waals surface area contributed by atoms with Crippen LogP contribution < -0.4 is 0 Å². The van der Waals surface area contributed by atoms with Crippen molar-refractivity contribution in [1.29, 1.82) is 5.26 Å². The maximum Gasteiger partial charge on any atom is 0.164 e. The summed E-state index contributed by atoms with van der Waals surface area (Å²) in [6.45, 7) is 1.94. The van der Waals surface area contributed by atoms with Crippen molar-refractivity contribution in [3.63, 3.8) is 0 Å². The Kier molecular flexibility index (Phi) is 2.95. The SMILES string of the molecule is Cc1nn2c(-c3ccco3)c(C#N)cnc2c1-c1ccccc1. The minimum absolute atomic E-state index is 0.426. The Hall–Kier alpha value is -3.39. The quantitative estimate of drug-likeness (QED) is 0.564. The lowest BCUT2D eigenvalue weighted by atomic mass is 10.1. The zero-order chi connectivity index (χ0) is 15.8. The highest BCUT2D eigenvalue weighted by Crippen LogP contribution is 2.31. The lowest BCUT2D eigenvalue weighted by Crippen LogP contribution is -1.99. The van der Waals surface area contributed by atoms with Gasteiger partial charge in [0.2, 0.25) is 0 Å². The summed E-state index contributed by atoms with van der Waals surface area (Å²) < 4.78 is 7.17. The Bertz CT molecular complexity index is 1020. The molecule has 0 amide bonds. The van der Waals surface area contributed by atoms with Gasteiger partial charge in [0.15, 0.2) is 11.4 Å². The van der Waals surface area contributed by atoms with Gasteiger partial charge in [-0.15, -0.1) is 0 Å². The molecule has 0 aliphatic heterocycles. The standard InChI is InChI=1S/C18H12N4O/c1-12-16(13-6-3-2-4-7-13)18-20-11-14(10-19)17(22(18)21-12)15-8-5-9-23-15/h2-9,11H,1H3. The van der Waals surface area contributed by atoms with Gasteiger partial charge in [0.05, 0.1) is 17.5 Å². The van der Waals surface area contributed by atoms with Crippen molar-refractivity contribution in [3.05, 3.63) is 66.2 Å². The van der Waals surface area contributed by atoms with E-state index in [1.54, 1.807) is 23.0 Å². The number of furan rings is 1. The van der Waals surface area contributed by atoms with Crippen LogP contribution in [0.2, 0.25) is 0 Å². The Morgan fingerprint density at radius 1 is 1.13 bits per heavy atom. The summed E-state index contributed by atoms with van der Waals surface area (Å²) in [6.07, 6.45) is 3.15. The molecule has 3 heterocycles. The number of aromatic nitrogens is 3. The molecule has 0 saturated heterocycles. The summed E-state index contributed by atoms with van der Waals surface area (Å²) in [4.78, 5) is 4.46. The number of hydrogen-bond acceptors (Lipinski definition) is 4. The van der Waals surface area contributed by atoms with Gasteiger partial charge in [-0.2, -0.15) is 10.4 Å². The maximum atomic E-state index is 9.40. The number of aryl methyl sites for hydroxylation is 1. The minimum atomic E-state index is 0.426. The molecule has 0 aliphatic rings. The number of rotatable bonds is 2. The summed E-state index contributed by atoms with van der Waals surface area (Å²) in [5.41, 5.74) is 4.61. The Labute approximate surface area is 132 Å². The van der Waals surface area contributed by atoms with Gasteiger partial charge in [-0.3, -0.25) is 0 Å². The van der Waals surface area contributed by atoms with Gasteiger partial charge in [0, 0.05) is 11.8 Å². The van der Waals surface area contributed by atoms with Gasteiger partial charge < -0.3 is 4.42 Å². The smallest absolute Gasteiger partial charge is 0.164 e. The minimum Gasteiger partial charge on any atom is -0.463 e. The molecule has 5 heteroatoms. The van der Waals surface area contributed by atoms with Gasteiger partial charge in [-0.1, -0.05) is 30.3 Å². The van der Waals surface area contributed by atoms with Crippen LogP contribution in [-0.2, 0) is 0 Å². The van der Waals surface area contributed by atoms with Crippen LogP contribution in [0.5, 0.6) is 0 Å². The van der Waals surface area contributed by atoms with Crippen LogP contribution in [0.4, 0.5) is 0 Å². The summed E-state index contributed by atoms with van der Waals surface area (Å²) in [5.74, 6) is 0.594. The predicted octanol–water partition coefficient (Wildman–Crippen LogP) is 3.84. The summed E-state index contributed by atoms with van der Waals surface area (Å²) in [7, 11) is 0. The molecule has 4 rings (SSSR count). The van der Waals surface area contributed by atoms with Crippen molar-refractivity contribution in [3.8, 4) is 28.7 Å². The average molecular weight is 300 g/mol. The van der Waals surface area contributed by atoms with E-state index in [2.05, 4.69) is 16.2 Å². The van der Waals surface area contributed by atoms with Crippen LogP contribution in [0, 0.1) is 18.3 Å². The Morgan fingerprint density at radius 3 is 2.65 bits per heavy atom. The van der Waals surface area contributed by atoms with Crippen LogP contribution in [0.25, 0.3) is 28.2 Å². The van der Waals surface area contributed by atoms with E-state index in [-0.39, 0.29) is 0 Å². The van der Waals surface area contributed by atoms with Crippen molar-refractivity contribution in [2.24, 2.45) is 0 Å². The summed E-state index contributed by atoms with van der Waals surface area (Å²) in [6, 6.07) is 15.7. The number of nitriles is 1. The molecular weight excluding hydrogens is 288 g/mol. The predicted molar refractivity (Wildman–Crippen MR) is 85.6 cm³/mol. The monoisotopic (exact) mass is 300 g/mol. The molecule has 0 N–H and O–H groups in total. The molecule has 1 aromatic carbocycles. The molecule has 0 aliphatic carbocycles. The molecule has 23 heavy (non-hydrogen) atoms. The fourth-order valence-electron chi connectivity index (χ4n) is 2.77. The first-order valence-electron chi connectivity index (χ1n) is 7.17. The number of nitrogens with zero attached hydrogens (tertiary/aromatic N) is 4. The molecule has 4 aromatic rings. The topological polar surface area (TPSA) is 67.1 Å². The van der Waals surface area contributed by atoms with Crippen LogP contribution in [0.3, 0.4) is 0 Å². The lowest BCUT2D eigenvalue weighted by molar-refractivity contribution is 0.577. The second-order valence-electron chi connectivity index (χ2n) is 5.17. The van der Waals surface area contributed by atoms with E-state index in [0.29, 0.717) is 22.7 Å². The van der Waals surface area contributed by atoms with E-state index in [1.165, 1.54) is 0 Å². The second-order valence-corrected chi connectivity index (χ2v) is 5.17. The van der Waals surface area contributed by atoms with Crippen LogP contribution in [0.15, 0.2) is 59.3 Å². The van der Waals surface area contributed by atoms with Gasteiger partial charge in [0.25, 0.3) is 0 Å². The third-order valence-electron chi connectivity index (χ3n) is 3.76. The van der Waals surface area contributed by atoms with Crippen LogP contribution in [-0.4, -0.2) is 14.6 Å². The Balaban J connectivity index is 2.09. The number of fused-ring (bicyclic) bond motifs is 1. The van der Waals surface area contributed by atoms with Crippen LogP contribution in [0.1, 0.15) is 11.3 Å². The molecule has 5 nitrogen and oxygen atoms in total. The fourth-order valence-corrected chi connectivity index (χ4v) is 2.77. The summed E-state index contributed by atoms with van der Waals surface area (Å²) in [5, 5.41) is 14.0. The third kappa shape index (κ3) is 2.00. The van der Waals surface area contributed by atoms with Crippen molar-refractivity contribution in [1.82, 2.24) is 14.6 Å². The highest BCUT2D eigenvalue weighted by atomic mass is 16.3. The van der Waals surface area contributed by atoms with Gasteiger partial charge in [0.1, 0.15) is 11.8 Å². The van der Waals surface area contributed by atoms with E-state index in [0.717, 1.165) is 16.8 Å². The molecule has 110 valence electrons. The molecular formula is C18H12N4O. The van der Waals surface area contributed by atoms with Crippen molar-refractivity contribution < 1.29 is 4.42 Å².